The minimum Gasteiger partial charge on any atom is -0.354 e. The summed E-state index contributed by atoms with van der Waals surface area (Å²) in [5.74, 6) is 0.00487. The quantitative estimate of drug-likeness (QED) is 0.879. The lowest BCUT2D eigenvalue weighted by Crippen LogP contribution is -2.32. The van der Waals surface area contributed by atoms with Crippen molar-refractivity contribution in [2.75, 3.05) is 6.54 Å². The summed E-state index contributed by atoms with van der Waals surface area (Å²) in [4.78, 5) is 13.1. The Labute approximate surface area is 104 Å². The molecule has 0 fully saturated rings. The molecular weight excluding hydrogens is 234 g/mol. The second-order valence-corrected chi connectivity index (χ2v) is 4.81. The van der Waals surface area contributed by atoms with Gasteiger partial charge in [0.25, 0.3) is 0 Å². The van der Waals surface area contributed by atoms with Crippen LogP contribution in [0.4, 0.5) is 0 Å². The van der Waals surface area contributed by atoms with E-state index < -0.39 is 0 Å². The fraction of sp³-hybridized carbons (Fsp3) is 0.333. The Morgan fingerprint density at radius 1 is 1.59 bits per heavy atom. The maximum Gasteiger partial charge on any atom is 0.244 e. The molecule has 90 valence electrons. The van der Waals surface area contributed by atoms with Crippen LogP contribution in [0.3, 0.4) is 0 Å². The van der Waals surface area contributed by atoms with Crippen LogP contribution >= 0.6 is 11.3 Å². The van der Waals surface area contributed by atoms with Gasteiger partial charge in [0.15, 0.2) is 0 Å². The average molecular weight is 249 g/mol. The van der Waals surface area contributed by atoms with Crippen molar-refractivity contribution >= 4 is 17.2 Å². The lowest BCUT2D eigenvalue weighted by Gasteiger charge is -2.12. The predicted octanol–water partition coefficient (Wildman–Crippen LogP) is 1.86. The van der Waals surface area contributed by atoms with Crippen LogP contribution in [0.1, 0.15) is 17.8 Å². The maximum atomic E-state index is 11.8. The molecule has 0 bridgehead atoms. The van der Waals surface area contributed by atoms with Gasteiger partial charge in [-0.2, -0.15) is 5.10 Å². The molecule has 1 unspecified atom stereocenters. The Bertz CT molecular complexity index is 450. The van der Waals surface area contributed by atoms with Crippen LogP contribution in [0.25, 0.3) is 0 Å². The molecule has 17 heavy (non-hydrogen) atoms. The first-order valence-corrected chi connectivity index (χ1v) is 6.44. The first kappa shape index (κ1) is 11.9. The average Bonchev–Trinajstić information content (AvgIpc) is 3.00. The van der Waals surface area contributed by atoms with Gasteiger partial charge < -0.3 is 5.32 Å². The van der Waals surface area contributed by atoms with E-state index in [1.807, 2.05) is 24.4 Å². The number of nitrogens with zero attached hydrogens (tertiary/aromatic N) is 2. The largest absolute Gasteiger partial charge is 0.354 e. The Hall–Kier alpha value is -1.62. The number of thiophene rings is 1. The van der Waals surface area contributed by atoms with Gasteiger partial charge in [-0.25, -0.2) is 0 Å². The highest BCUT2D eigenvalue weighted by molar-refractivity contribution is 7.09. The molecule has 0 aliphatic heterocycles. The van der Waals surface area contributed by atoms with E-state index >= 15 is 0 Å². The van der Waals surface area contributed by atoms with E-state index in [0.29, 0.717) is 6.54 Å². The smallest absolute Gasteiger partial charge is 0.244 e. The second kappa shape index (κ2) is 5.63. The van der Waals surface area contributed by atoms with Crippen molar-refractivity contribution in [2.24, 2.45) is 0 Å². The molecule has 5 heteroatoms. The molecule has 0 saturated carbocycles. The zero-order valence-corrected chi connectivity index (χ0v) is 10.5. The van der Waals surface area contributed by atoms with Crippen LogP contribution in [-0.2, 0) is 11.2 Å². The molecule has 1 amide bonds. The van der Waals surface area contributed by atoms with E-state index in [9.17, 15) is 4.79 Å². The molecule has 0 saturated heterocycles. The summed E-state index contributed by atoms with van der Waals surface area (Å²) >= 11 is 1.71. The van der Waals surface area contributed by atoms with Gasteiger partial charge in [0.1, 0.15) is 6.04 Å². The molecule has 2 aromatic heterocycles. The van der Waals surface area contributed by atoms with Gasteiger partial charge >= 0.3 is 0 Å². The van der Waals surface area contributed by atoms with Crippen LogP contribution in [0.15, 0.2) is 36.0 Å². The summed E-state index contributed by atoms with van der Waals surface area (Å²) in [6.07, 6.45) is 4.36. The summed E-state index contributed by atoms with van der Waals surface area (Å²) in [5, 5.41) is 9.01. The topological polar surface area (TPSA) is 46.9 Å². The van der Waals surface area contributed by atoms with E-state index in [0.717, 1.165) is 6.42 Å². The fourth-order valence-electron chi connectivity index (χ4n) is 1.54. The Kier molecular flexibility index (Phi) is 3.93. The summed E-state index contributed by atoms with van der Waals surface area (Å²) in [6, 6.07) is 5.66. The number of nitrogens with one attached hydrogen (secondary N) is 1. The monoisotopic (exact) mass is 249 g/mol. The van der Waals surface area contributed by atoms with Gasteiger partial charge in [-0.15, -0.1) is 11.3 Å². The van der Waals surface area contributed by atoms with Crippen molar-refractivity contribution in [3.8, 4) is 0 Å². The zero-order chi connectivity index (χ0) is 12.1. The van der Waals surface area contributed by atoms with Crippen molar-refractivity contribution in [1.82, 2.24) is 15.1 Å². The number of hydrogen-bond acceptors (Lipinski definition) is 3. The van der Waals surface area contributed by atoms with Gasteiger partial charge in [0, 0.05) is 23.8 Å². The SMILES string of the molecule is CC(C(=O)NCCc1cccs1)n1cccn1. The number of carbonyl (C=O) groups is 1. The summed E-state index contributed by atoms with van der Waals surface area (Å²) in [6.45, 7) is 2.51. The van der Waals surface area contributed by atoms with Gasteiger partial charge in [-0.3, -0.25) is 9.48 Å². The van der Waals surface area contributed by atoms with Crippen molar-refractivity contribution in [3.63, 3.8) is 0 Å². The molecule has 0 radical (unpaired) electrons. The predicted molar refractivity (Wildman–Crippen MR) is 68.0 cm³/mol. The molecule has 2 aromatic rings. The van der Waals surface area contributed by atoms with Crippen molar-refractivity contribution < 1.29 is 4.79 Å². The van der Waals surface area contributed by atoms with E-state index in [4.69, 9.17) is 0 Å². The van der Waals surface area contributed by atoms with Gasteiger partial charge in [0.2, 0.25) is 5.91 Å². The third-order valence-electron chi connectivity index (χ3n) is 2.55. The molecule has 0 aliphatic rings. The maximum absolute atomic E-state index is 11.8. The highest BCUT2D eigenvalue weighted by Gasteiger charge is 2.13. The fourth-order valence-corrected chi connectivity index (χ4v) is 2.25. The van der Waals surface area contributed by atoms with Crippen LogP contribution < -0.4 is 5.32 Å². The highest BCUT2D eigenvalue weighted by atomic mass is 32.1. The standard InChI is InChI=1S/C12H15N3OS/c1-10(15-8-3-6-14-15)12(16)13-7-5-11-4-2-9-17-11/h2-4,6,8-10H,5,7H2,1H3,(H,13,16). The molecule has 1 atom stereocenters. The van der Waals surface area contributed by atoms with E-state index in [1.54, 1.807) is 28.4 Å². The number of carbonyl (C=O) groups excluding carboxylic acids is 1. The van der Waals surface area contributed by atoms with Crippen LogP contribution in [0.5, 0.6) is 0 Å². The first-order chi connectivity index (χ1) is 8.27. The number of amides is 1. The first-order valence-electron chi connectivity index (χ1n) is 5.56. The second-order valence-electron chi connectivity index (χ2n) is 3.78. The zero-order valence-electron chi connectivity index (χ0n) is 9.67. The molecule has 0 aromatic carbocycles. The van der Waals surface area contributed by atoms with Crippen LogP contribution in [0.2, 0.25) is 0 Å². The molecule has 4 nitrogen and oxygen atoms in total. The van der Waals surface area contributed by atoms with Gasteiger partial charge in [-0.1, -0.05) is 6.07 Å². The lowest BCUT2D eigenvalue weighted by molar-refractivity contribution is -0.124. The van der Waals surface area contributed by atoms with Gasteiger partial charge in [-0.05, 0) is 30.9 Å². The number of rotatable bonds is 5. The highest BCUT2D eigenvalue weighted by Crippen LogP contribution is 2.08. The Morgan fingerprint density at radius 2 is 2.47 bits per heavy atom. The number of hydrogen-bond donors (Lipinski definition) is 1. The van der Waals surface area contributed by atoms with Crippen LogP contribution in [-0.4, -0.2) is 22.2 Å². The number of aromatic nitrogens is 2. The normalized spacial score (nSPS) is 12.3. The van der Waals surface area contributed by atoms with E-state index in [1.165, 1.54) is 4.88 Å². The lowest BCUT2D eigenvalue weighted by atomic mass is 10.3. The molecular formula is C12H15N3OS. The van der Waals surface area contributed by atoms with Crippen molar-refractivity contribution in [2.45, 2.75) is 19.4 Å². The third-order valence-corrected chi connectivity index (χ3v) is 3.49. The molecule has 2 heterocycles. The van der Waals surface area contributed by atoms with Crippen molar-refractivity contribution in [1.29, 1.82) is 0 Å². The Morgan fingerprint density at radius 3 is 3.12 bits per heavy atom. The third kappa shape index (κ3) is 3.17. The van der Waals surface area contributed by atoms with Crippen LogP contribution in [0, 0.1) is 0 Å². The Balaban J connectivity index is 1.77. The molecule has 0 spiro atoms. The van der Waals surface area contributed by atoms with E-state index in [-0.39, 0.29) is 11.9 Å². The summed E-state index contributed by atoms with van der Waals surface area (Å²) in [5.41, 5.74) is 0. The minimum absolute atomic E-state index is 0.00487. The summed E-state index contributed by atoms with van der Waals surface area (Å²) < 4.78 is 1.65. The molecule has 2 rings (SSSR count). The minimum atomic E-state index is -0.256. The van der Waals surface area contributed by atoms with Gasteiger partial charge in [0.05, 0.1) is 0 Å². The molecule has 1 N–H and O–H groups in total. The van der Waals surface area contributed by atoms with E-state index in [2.05, 4.69) is 16.5 Å². The molecule has 0 aliphatic carbocycles. The van der Waals surface area contributed by atoms with Crippen molar-refractivity contribution in [3.05, 3.63) is 40.8 Å². The summed E-state index contributed by atoms with van der Waals surface area (Å²) in [7, 11) is 0.